The smallest absolute Gasteiger partial charge is 0.231 e. The van der Waals surface area contributed by atoms with Crippen molar-refractivity contribution in [3.8, 4) is 17.2 Å². The lowest BCUT2D eigenvalue weighted by molar-refractivity contribution is 0.0444. The third-order valence-corrected chi connectivity index (χ3v) is 4.07. The van der Waals surface area contributed by atoms with Crippen molar-refractivity contribution in [2.24, 2.45) is 0 Å². The summed E-state index contributed by atoms with van der Waals surface area (Å²) in [6, 6.07) is 4.34. The molecule has 1 N–H and O–H groups in total. The van der Waals surface area contributed by atoms with Crippen LogP contribution in [0, 0.1) is 0 Å². The van der Waals surface area contributed by atoms with Crippen LogP contribution in [0.4, 0.5) is 0 Å². The van der Waals surface area contributed by atoms with Gasteiger partial charge in [0.05, 0.1) is 0 Å². The second-order valence-electron chi connectivity index (χ2n) is 5.46. The summed E-state index contributed by atoms with van der Waals surface area (Å²) < 4.78 is 17.1. The molecular weight excluding hydrogens is 242 g/mol. The number of rotatable bonds is 3. The van der Waals surface area contributed by atoms with E-state index in [9.17, 15) is 0 Å². The Balaban J connectivity index is 2.02. The number of ether oxygens (including phenoxy) is 3. The first-order valence-corrected chi connectivity index (χ1v) is 7.01. The summed E-state index contributed by atoms with van der Waals surface area (Å²) in [5, 5.41) is 3.54. The molecule has 2 unspecified atom stereocenters. The first-order chi connectivity index (χ1) is 9.15. The maximum atomic E-state index is 6.19. The van der Waals surface area contributed by atoms with E-state index in [1.54, 1.807) is 0 Å². The van der Waals surface area contributed by atoms with Gasteiger partial charge in [0.25, 0.3) is 0 Å². The van der Waals surface area contributed by atoms with Gasteiger partial charge in [-0.1, -0.05) is 13.8 Å². The van der Waals surface area contributed by atoms with Crippen LogP contribution in [-0.4, -0.2) is 18.9 Å². The molecule has 2 heterocycles. The van der Waals surface area contributed by atoms with E-state index in [0.717, 1.165) is 36.6 Å². The van der Waals surface area contributed by atoms with Gasteiger partial charge in [-0.2, -0.15) is 0 Å². The van der Waals surface area contributed by atoms with Crippen LogP contribution in [0.1, 0.15) is 45.2 Å². The second kappa shape index (κ2) is 4.60. The van der Waals surface area contributed by atoms with Crippen molar-refractivity contribution in [1.29, 1.82) is 0 Å². The number of benzene rings is 1. The van der Waals surface area contributed by atoms with Gasteiger partial charge in [0.2, 0.25) is 6.79 Å². The molecule has 1 aromatic carbocycles. The van der Waals surface area contributed by atoms with Crippen LogP contribution in [0.25, 0.3) is 0 Å². The van der Waals surface area contributed by atoms with Crippen LogP contribution in [0.2, 0.25) is 0 Å². The SMILES string of the molecule is CCNC1CC(C)(CC)Oc2cc3c(cc21)OCO3. The minimum Gasteiger partial charge on any atom is -0.487 e. The van der Waals surface area contributed by atoms with Crippen LogP contribution < -0.4 is 19.5 Å². The highest BCUT2D eigenvalue weighted by molar-refractivity contribution is 5.54. The number of hydrogen-bond donors (Lipinski definition) is 1. The molecule has 0 spiro atoms. The maximum Gasteiger partial charge on any atom is 0.231 e. The van der Waals surface area contributed by atoms with Gasteiger partial charge < -0.3 is 19.5 Å². The Kier molecular flexibility index (Phi) is 3.05. The minimum absolute atomic E-state index is 0.118. The average molecular weight is 263 g/mol. The Bertz CT molecular complexity index is 489. The predicted octanol–water partition coefficient (Wildman–Crippen LogP) is 3.02. The quantitative estimate of drug-likeness (QED) is 0.910. The van der Waals surface area contributed by atoms with Crippen molar-refractivity contribution in [2.45, 2.75) is 45.3 Å². The van der Waals surface area contributed by atoms with E-state index in [4.69, 9.17) is 14.2 Å². The van der Waals surface area contributed by atoms with Gasteiger partial charge >= 0.3 is 0 Å². The van der Waals surface area contributed by atoms with E-state index in [2.05, 4.69) is 32.2 Å². The van der Waals surface area contributed by atoms with Crippen LogP contribution >= 0.6 is 0 Å². The Morgan fingerprint density at radius 2 is 1.95 bits per heavy atom. The fourth-order valence-corrected chi connectivity index (χ4v) is 2.79. The largest absolute Gasteiger partial charge is 0.487 e. The molecule has 3 rings (SSSR count). The number of nitrogens with one attached hydrogen (secondary N) is 1. The number of fused-ring (bicyclic) bond motifs is 2. The van der Waals surface area contributed by atoms with Crippen LogP contribution in [0.15, 0.2) is 12.1 Å². The zero-order valence-electron chi connectivity index (χ0n) is 11.8. The van der Waals surface area contributed by atoms with Crippen molar-refractivity contribution < 1.29 is 14.2 Å². The maximum absolute atomic E-state index is 6.19. The van der Waals surface area contributed by atoms with E-state index in [1.807, 2.05) is 6.07 Å². The number of hydrogen-bond acceptors (Lipinski definition) is 4. The Hall–Kier alpha value is -1.42. The predicted molar refractivity (Wildman–Crippen MR) is 72.9 cm³/mol. The topological polar surface area (TPSA) is 39.7 Å². The third kappa shape index (κ3) is 2.14. The minimum atomic E-state index is -0.118. The molecule has 0 aromatic heterocycles. The molecule has 1 aromatic rings. The van der Waals surface area contributed by atoms with Crippen LogP contribution in [0.3, 0.4) is 0 Å². The lowest BCUT2D eigenvalue weighted by Gasteiger charge is -2.39. The highest BCUT2D eigenvalue weighted by atomic mass is 16.7. The normalized spacial score (nSPS) is 27.8. The standard InChI is InChI=1S/C15H21NO3/c1-4-15(3)8-11(16-5-2)10-6-13-14(18-9-17-13)7-12(10)19-15/h6-7,11,16H,4-5,8-9H2,1-3H3. The molecule has 2 aliphatic heterocycles. The molecule has 104 valence electrons. The first-order valence-electron chi connectivity index (χ1n) is 7.01. The summed E-state index contributed by atoms with van der Waals surface area (Å²) >= 11 is 0. The second-order valence-corrected chi connectivity index (χ2v) is 5.46. The van der Waals surface area contributed by atoms with Gasteiger partial charge in [0.15, 0.2) is 11.5 Å². The lowest BCUT2D eigenvalue weighted by Crippen LogP contribution is -2.41. The van der Waals surface area contributed by atoms with Gasteiger partial charge in [-0.3, -0.25) is 0 Å². The Morgan fingerprint density at radius 1 is 1.21 bits per heavy atom. The van der Waals surface area contributed by atoms with E-state index in [1.165, 1.54) is 5.56 Å². The monoisotopic (exact) mass is 263 g/mol. The highest BCUT2D eigenvalue weighted by Gasteiger charge is 2.37. The van der Waals surface area contributed by atoms with E-state index < -0.39 is 0 Å². The van der Waals surface area contributed by atoms with Gasteiger partial charge in [-0.15, -0.1) is 0 Å². The van der Waals surface area contributed by atoms with E-state index >= 15 is 0 Å². The Morgan fingerprint density at radius 3 is 2.63 bits per heavy atom. The third-order valence-electron chi connectivity index (χ3n) is 4.07. The van der Waals surface area contributed by atoms with Crippen molar-refractivity contribution >= 4 is 0 Å². The molecule has 0 fully saturated rings. The van der Waals surface area contributed by atoms with Crippen molar-refractivity contribution in [1.82, 2.24) is 5.32 Å². The van der Waals surface area contributed by atoms with E-state index in [0.29, 0.717) is 12.8 Å². The fourth-order valence-electron chi connectivity index (χ4n) is 2.79. The van der Waals surface area contributed by atoms with Gasteiger partial charge in [0.1, 0.15) is 11.4 Å². The summed E-state index contributed by atoms with van der Waals surface area (Å²) in [6.45, 7) is 7.71. The molecule has 2 aliphatic rings. The first kappa shape index (κ1) is 12.6. The zero-order chi connectivity index (χ0) is 13.5. The molecule has 0 saturated carbocycles. The lowest BCUT2D eigenvalue weighted by atomic mass is 9.86. The molecule has 4 heteroatoms. The summed E-state index contributed by atoms with van der Waals surface area (Å²) in [7, 11) is 0. The highest BCUT2D eigenvalue weighted by Crippen LogP contribution is 2.47. The van der Waals surface area contributed by atoms with Crippen molar-refractivity contribution in [3.63, 3.8) is 0 Å². The van der Waals surface area contributed by atoms with E-state index in [-0.39, 0.29) is 5.60 Å². The summed E-state index contributed by atoms with van der Waals surface area (Å²) in [6.07, 6.45) is 1.97. The average Bonchev–Trinajstić information content (AvgIpc) is 2.84. The van der Waals surface area contributed by atoms with Crippen LogP contribution in [0.5, 0.6) is 17.2 Å². The van der Waals surface area contributed by atoms with Gasteiger partial charge in [0, 0.05) is 24.1 Å². The summed E-state index contributed by atoms with van der Waals surface area (Å²) in [5.41, 5.74) is 1.06. The summed E-state index contributed by atoms with van der Waals surface area (Å²) in [4.78, 5) is 0. The summed E-state index contributed by atoms with van der Waals surface area (Å²) in [5.74, 6) is 2.53. The zero-order valence-corrected chi connectivity index (χ0v) is 11.8. The van der Waals surface area contributed by atoms with Crippen molar-refractivity contribution in [2.75, 3.05) is 13.3 Å². The molecule has 2 atom stereocenters. The molecule has 0 amide bonds. The molecule has 4 nitrogen and oxygen atoms in total. The van der Waals surface area contributed by atoms with Crippen molar-refractivity contribution in [3.05, 3.63) is 17.7 Å². The van der Waals surface area contributed by atoms with Crippen LogP contribution in [-0.2, 0) is 0 Å². The van der Waals surface area contributed by atoms with Gasteiger partial charge in [-0.05, 0) is 26.0 Å². The fraction of sp³-hybridized carbons (Fsp3) is 0.600. The molecule has 0 saturated heterocycles. The molecule has 19 heavy (non-hydrogen) atoms. The molecular formula is C15H21NO3. The molecule has 0 radical (unpaired) electrons. The Labute approximate surface area is 114 Å². The molecule has 0 aliphatic carbocycles. The van der Waals surface area contributed by atoms with Gasteiger partial charge in [-0.25, -0.2) is 0 Å². The molecule has 0 bridgehead atoms.